The summed E-state index contributed by atoms with van der Waals surface area (Å²) in [6, 6.07) is 10.6. The van der Waals surface area contributed by atoms with Crippen LogP contribution in [0.25, 0.3) is 0 Å². The fourth-order valence-corrected chi connectivity index (χ4v) is 4.28. The van der Waals surface area contributed by atoms with Crippen LogP contribution in [0, 0.1) is 11.8 Å². The van der Waals surface area contributed by atoms with Crippen LogP contribution in [-0.4, -0.2) is 41.3 Å². The molecule has 0 spiro atoms. The first-order valence-corrected chi connectivity index (χ1v) is 9.05. The molecular formula is C19H25N3O2. The molecule has 0 bridgehead atoms. The van der Waals surface area contributed by atoms with Gasteiger partial charge in [0.25, 0.3) is 0 Å². The van der Waals surface area contributed by atoms with E-state index in [4.69, 9.17) is 9.26 Å². The summed E-state index contributed by atoms with van der Waals surface area (Å²) < 4.78 is 10.9. The molecule has 0 N–H and O–H groups in total. The van der Waals surface area contributed by atoms with Gasteiger partial charge in [-0.15, -0.1) is 0 Å². The molecule has 1 aromatic carbocycles. The summed E-state index contributed by atoms with van der Waals surface area (Å²) in [5.74, 6) is 2.38. The van der Waals surface area contributed by atoms with E-state index in [2.05, 4.69) is 39.3 Å². The number of aromatic nitrogens is 2. The molecule has 2 fully saturated rings. The lowest BCUT2D eigenvalue weighted by molar-refractivity contribution is 0.0252. The largest absolute Gasteiger partial charge is 0.381 e. The molecule has 0 radical (unpaired) electrons. The average Bonchev–Trinajstić information content (AvgIpc) is 3.18. The fraction of sp³-hybridized carbons (Fsp3) is 0.579. The Morgan fingerprint density at radius 2 is 1.67 bits per heavy atom. The van der Waals surface area contributed by atoms with Crippen LogP contribution in [-0.2, 0) is 4.74 Å². The molecule has 4 rings (SSSR count). The smallest absolute Gasteiger partial charge is 0.248 e. The van der Waals surface area contributed by atoms with E-state index >= 15 is 0 Å². The van der Waals surface area contributed by atoms with Gasteiger partial charge in [0, 0.05) is 13.2 Å². The topological polar surface area (TPSA) is 51.4 Å². The van der Waals surface area contributed by atoms with Gasteiger partial charge >= 0.3 is 0 Å². The molecule has 2 aliphatic rings. The second-order valence-corrected chi connectivity index (χ2v) is 6.92. The third kappa shape index (κ3) is 3.37. The van der Waals surface area contributed by atoms with Gasteiger partial charge in [-0.2, -0.15) is 4.98 Å². The highest BCUT2D eigenvalue weighted by atomic mass is 16.5. The van der Waals surface area contributed by atoms with Gasteiger partial charge in [0.15, 0.2) is 6.33 Å². The van der Waals surface area contributed by atoms with E-state index in [1.54, 1.807) is 0 Å². The predicted molar refractivity (Wildman–Crippen MR) is 90.4 cm³/mol. The van der Waals surface area contributed by atoms with Gasteiger partial charge in [-0.1, -0.05) is 35.5 Å². The minimum Gasteiger partial charge on any atom is -0.381 e. The molecule has 5 nitrogen and oxygen atoms in total. The zero-order valence-electron chi connectivity index (χ0n) is 14.0. The summed E-state index contributed by atoms with van der Waals surface area (Å²) in [5.41, 5.74) is 1.23. The number of piperidine rings is 1. The Kier molecular flexibility index (Phi) is 4.90. The first-order valence-electron chi connectivity index (χ1n) is 9.05. The predicted octanol–water partition coefficient (Wildman–Crippen LogP) is 3.30. The van der Waals surface area contributed by atoms with Gasteiger partial charge in [0.1, 0.15) is 6.04 Å². The molecule has 2 aromatic rings. The number of likely N-dealkylation sites (tertiary alicyclic amines) is 1. The van der Waals surface area contributed by atoms with Crippen molar-refractivity contribution >= 4 is 0 Å². The summed E-state index contributed by atoms with van der Waals surface area (Å²) in [5, 5.41) is 3.83. The van der Waals surface area contributed by atoms with Crippen LogP contribution in [0.3, 0.4) is 0 Å². The van der Waals surface area contributed by atoms with Crippen molar-refractivity contribution in [2.45, 2.75) is 31.7 Å². The molecule has 24 heavy (non-hydrogen) atoms. The Morgan fingerprint density at radius 3 is 2.33 bits per heavy atom. The monoisotopic (exact) mass is 327 g/mol. The second-order valence-electron chi connectivity index (χ2n) is 6.92. The highest BCUT2D eigenvalue weighted by Crippen LogP contribution is 2.36. The molecule has 0 amide bonds. The van der Waals surface area contributed by atoms with Gasteiger partial charge in [-0.05, 0) is 56.2 Å². The molecule has 2 aliphatic heterocycles. The van der Waals surface area contributed by atoms with Crippen LogP contribution in [0.15, 0.2) is 41.2 Å². The lowest BCUT2D eigenvalue weighted by Gasteiger charge is -2.40. The molecule has 0 aliphatic carbocycles. The second kappa shape index (κ2) is 7.45. The summed E-state index contributed by atoms with van der Waals surface area (Å²) >= 11 is 0. The van der Waals surface area contributed by atoms with Crippen molar-refractivity contribution in [3.8, 4) is 0 Å². The van der Waals surface area contributed by atoms with Crippen LogP contribution in [0.5, 0.6) is 0 Å². The maximum atomic E-state index is 5.52. The molecule has 0 saturated carbocycles. The van der Waals surface area contributed by atoms with Crippen molar-refractivity contribution in [3.63, 3.8) is 0 Å². The summed E-state index contributed by atoms with van der Waals surface area (Å²) in [6.45, 7) is 4.06. The Hall–Kier alpha value is -1.72. The van der Waals surface area contributed by atoms with Gasteiger partial charge in [0.05, 0.1) is 0 Å². The van der Waals surface area contributed by atoms with Crippen LogP contribution in [0.2, 0.25) is 0 Å². The van der Waals surface area contributed by atoms with E-state index in [1.807, 2.05) is 6.07 Å². The number of hydrogen-bond donors (Lipinski definition) is 0. The van der Waals surface area contributed by atoms with Crippen molar-refractivity contribution in [2.75, 3.05) is 26.3 Å². The zero-order chi connectivity index (χ0) is 16.2. The van der Waals surface area contributed by atoms with Crippen LogP contribution in [0.1, 0.15) is 43.2 Å². The maximum Gasteiger partial charge on any atom is 0.248 e. The van der Waals surface area contributed by atoms with E-state index in [-0.39, 0.29) is 6.04 Å². The normalized spacial score (nSPS) is 22.5. The van der Waals surface area contributed by atoms with Crippen molar-refractivity contribution in [2.24, 2.45) is 11.8 Å². The average molecular weight is 327 g/mol. The minimum atomic E-state index is 0.0735. The summed E-state index contributed by atoms with van der Waals surface area (Å²) in [7, 11) is 0. The fourth-order valence-electron chi connectivity index (χ4n) is 4.28. The molecule has 2 saturated heterocycles. The van der Waals surface area contributed by atoms with Crippen LogP contribution in [0.4, 0.5) is 0 Å². The highest BCUT2D eigenvalue weighted by molar-refractivity contribution is 5.24. The molecule has 5 heteroatoms. The van der Waals surface area contributed by atoms with Crippen molar-refractivity contribution in [1.82, 2.24) is 15.0 Å². The first-order chi connectivity index (χ1) is 11.9. The number of rotatable bonds is 4. The van der Waals surface area contributed by atoms with E-state index < -0.39 is 0 Å². The summed E-state index contributed by atoms with van der Waals surface area (Å²) in [6.07, 6.45) is 6.47. The molecular weight excluding hydrogens is 302 g/mol. The Balaban J connectivity index is 1.47. The lowest BCUT2D eigenvalue weighted by atomic mass is 9.79. The molecule has 0 unspecified atom stereocenters. The Morgan fingerprint density at radius 1 is 0.958 bits per heavy atom. The zero-order valence-corrected chi connectivity index (χ0v) is 14.0. The quantitative estimate of drug-likeness (QED) is 0.862. The standard InChI is InChI=1S/C19H25N3O2/c1-2-4-17(5-3-1)18(19-20-14-21-24-19)22-10-6-15(7-11-22)16-8-12-23-13-9-16/h1-5,14-16,18H,6-13H2/t18-/m1/s1. The van der Waals surface area contributed by atoms with Gasteiger partial charge < -0.3 is 9.26 Å². The van der Waals surface area contributed by atoms with Crippen LogP contribution >= 0.6 is 0 Å². The van der Waals surface area contributed by atoms with Crippen molar-refractivity contribution in [1.29, 1.82) is 0 Å². The van der Waals surface area contributed by atoms with Gasteiger partial charge in [-0.25, -0.2) is 0 Å². The van der Waals surface area contributed by atoms with E-state index in [0.29, 0.717) is 5.89 Å². The van der Waals surface area contributed by atoms with E-state index in [9.17, 15) is 0 Å². The molecule has 1 aromatic heterocycles. The molecule has 1 atom stereocenters. The number of ether oxygens (including phenoxy) is 1. The van der Waals surface area contributed by atoms with Gasteiger partial charge in [0.2, 0.25) is 5.89 Å². The van der Waals surface area contributed by atoms with Gasteiger partial charge in [-0.3, -0.25) is 4.90 Å². The maximum absolute atomic E-state index is 5.52. The van der Waals surface area contributed by atoms with Crippen molar-refractivity contribution in [3.05, 3.63) is 48.1 Å². The lowest BCUT2D eigenvalue weighted by Crippen LogP contribution is -2.40. The minimum absolute atomic E-state index is 0.0735. The Bertz CT molecular complexity index is 603. The number of hydrogen-bond acceptors (Lipinski definition) is 5. The third-order valence-electron chi connectivity index (χ3n) is 5.60. The number of benzene rings is 1. The van der Waals surface area contributed by atoms with Crippen LogP contribution < -0.4 is 0 Å². The summed E-state index contributed by atoms with van der Waals surface area (Å²) in [4.78, 5) is 6.84. The molecule has 128 valence electrons. The Labute approximate surface area is 143 Å². The highest BCUT2D eigenvalue weighted by Gasteiger charge is 2.33. The van der Waals surface area contributed by atoms with Crippen molar-refractivity contribution < 1.29 is 9.26 Å². The first kappa shape index (κ1) is 15.8. The van der Waals surface area contributed by atoms with E-state index in [0.717, 1.165) is 38.1 Å². The van der Waals surface area contributed by atoms with E-state index in [1.165, 1.54) is 37.6 Å². The third-order valence-corrected chi connectivity index (χ3v) is 5.60. The number of nitrogens with zero attached hydrogens (tertiary/aromatic N) is 3. The SMILES string of the molecule is c1ccc([C@H](c2ncno2)N2CCC(C3CCOCC3)CC2)cc1. The molecule has 3 heterocycles.